The Morgan fingerprint density at radius 2 is 1.93 bits per heavy atom. The molecular formula is C20H25BrN6O2S. The minimum absolute atomic E-state index is 0.397. The molecule has 3 aliphatic rings. The highest BCUT2D eigenvalue weighted by atomic mass is 79.9. The molecule has 1 fully saturated rings. The molecule has 3 heterocycles. The van der Waals surface area contributed by atoms with Crippen LogP contribution in [-0.2, 0) is 6.54 Å². The van der Waals surface area contributed by atoms with Crippen LogP contribution in [0.15, 0.2) is 33.0 Å². The van der Waals surface area contributed by atoms with Crippen molar-refractivity contribution in [2.24, 2.45) is 5.92 Å². The van der Waals surface area contributed by atoms with Crippen molar-refractivity contribution in [2.45, 2.75) is 35.9 Å². The molecule has 0 radical (unpaired) electrons. The number of ether oxygens (including phenoxy) is 2. The van der Waals surface area contributed by atoms with E-state index in [1.807, 2.05) is 12.1 Å². The molecule has 8 nitrogen and oxygen atoms in total. The monoisotopic (exact) mass is 492 g/mol. The lowest BCUT2D eigenvalue weighted by atomic mass is 9.95. The van der Waals surface area contributed by atoms with Crippen LogP contribution >= 0.6 is 27.7 Å². The maximum atomic E-state index is 6.09. The van der Waals surface area contributed by atoms with E-state index < -0.39 is 0 Å². The first-order valence-corrected chi connectivity index (χ1v) is 11.5. The zero-order chi connectivity index (χ0) is 21.1. The molecule has 1 aromatic carbocycles. The van der Waals surface area contributed by atoms with Gasteiger partial charge in [-0.15, -0.1) is 0 Å². The van der Waals surface area contributed by atoms with Crippen molar-refractivity contribution in [3.05, 3.63) is 22.9 Å². The highest BCUT2D eigenvalue weighted by molar-refractivity contribution is 9.10. The van der Waals surface area contributed by atoms with Gasteiger partial charge in [-0.3, -0.25) is 0 Å². The number of aryl methyl sites for hydroxylation is 1. The Morgan fingerprint density at radius 3 is 2.67 bits per heavy atom. The third kappa shape index (κ3) is 4.50. The number of benzene rings is 1. The van der Waals surface area contributed by atoms with Crippen molar-refractivity contribution in [3.8, 4) is 23.0 Å². The summed E-state index contributed by atoms with van der Waals surface area (Å²) in [6.45, 7) is 3.06. The fourth-order valence-corrected chi connectivity index (χ4v) is 5.00. The lowest BCUT2D eigenvalue weighted by Crippen LogP contribution is -2.28. The Kier molecular flexibility index (Phi) is 6.64. The van der Waals surface area contributed by atoms with Gasteiger partial charge in [0.25, 0.3) is 0 Å². The average Bonchev–Trinajstić information content (AvgIpc) is 3.20. The maximum absolute atomic E-state index is 6.09. The summed E-state index contributed by atoms with van der Waals surface area (Å²) in [5.41, 5.74) is 6.73. The second kappa shape index (κ2) is 9.40. The summed E-state index contributed by atoms with van der Waals surface area (Å²) < 4.78 is 13.7. The lowest BCUT2D eigenvalue weighted by molar-refractivity contribution is 0.337. The second-order valence-electron chi connectivity index (χ2n) is 7.22. The van der Waals surface area contributed by atoms with Crippen molar-refractivity contribution in [1.29, 1.82) is 0 Å². The summed E-state index contributed by atoms with van der Waals surface area (Å²) in [6, 6.07) is 3.78. The minimum atomic E-state index is 0.397. The number of piperidine rings is 1. The van der Waals surface area contributed by atoms with Crippen molar-refractivity contribution in [1.82, 2.24) is 24.8 Å². The normalized spacial score (nSPS) is 14.9. The summed E-state index contributed by atoms with van der Waals surface area (Å²) in [5.74, 6) is 3.21. The van der Waals surface area contributed by atoms with Crippen LogP contribution < -0.4 is 20.5 Å². The number of aromatic nitrogens is 4. The Balaban J connectivity index is 1.58. The highest BCUT2D eigenvalue weighted by Gasteiger charge is 2.22. The van der Waals surface area contributed by atoms with Gasteiger partial charge >= 0.3 is 0 Å². The number of anilines is 1. The minimum Gasteiger partial charge on any atom is -0.493 e. The molecule has 1 saturated heterocycles. The summed E-state index contributed by atoms with van der Waals surface area (Å²) in [7, 11) is 3.23. The predicted molar refractivity (Wildman–Crippen MR) is 120 cm³/mol. The van der Waals surface area contributed by atoms with Gasteiger partial charge in [0.2, 0.25) is 0 Å². The van der Waals surface area contributed by atoms with Gasteiger partial charge in [0.15, 0.2) is 34.0 Å². The van der Waals surface area contributed by atoms with Crippen LogP contribution in [0.25, 0.3) is 11.5 Å². The number of halogens is 1. The smallest absolute Gasteiger partial charge is 0.195 e. The molecule has 4 rings (SSSR count). The average molecular weight is 493 g/mol. The number of nitrogen functional groups attached to an aromatic ring is 1. The van der Waals surface area contributed by atoms with E-state index >= 15 is 0 Å². The van der Waals surface area contributed by atoms with Crippen LogP contribution in [0.2, 0.25) is 0 Å². The van der Waals surface area contributed by atoms with Crippen molar-refractivity contribution in [2.75, 3.05) is 33.0 Å². The molecule has 0 saturated carbocycles. The van der Waals surface area contributed by atoms with Crippen LogP contribution in [0, 0.1) is 5.92 Å². The van der Waals surface area contributed by atoms with Gasteiger partial charge < -0.3 is 25.1 Å². The summed E-state index contributed by atoms with van der Waals surface area (Å²) in [6.07, 6.45) is 5.30. The molecule has 10 heteroatoms. The second-order valence-corrected chi connectivity index (χ2v) is 9.09. The quantitative estimate of drug-likeness (QED) is 0.514. The lowest BCUT2D eigenvalue weighted by Gasteiger charge is -2.23. The van der Waals surface area contributed by atoms with Crippen LogP contribution in [0.1, 0.15) is 19.3 Å². The molecule has 0 amide bonds. The third-order valence-corrected chi connectivity index (χ3v) is 7.19. The fourth-order valence-electron chi connectivity index (χ4n) is 3.65. The van der Waals surface area contributed by atoms with Gasteiger partial charge in [-0.25, -0.2) is 15.0 Å². The Morgan fingerprint density at radius 1 is 1.20 bits per heavy atom. The standard InChI is InChI=1S/C20H25BrN6O2S/c1-28-14-9-13(21)16(10-15(14)29-2)30-20-25-17-18(22)24-11-27(19(17)26-20)8-5-12-3-6-23-7-4-12/h9-12,23H,3-8,22H2,1-2H3. The zero-order valence-electron chi connectivity index (χ0n) is 17.0. The topological polar surface area (TPSA) is 100 Å². The number of nitrogens with one attached hydrogen (secondary N) is 1. The van der Waals surface area contributed by atoms with E-state index in [0.717, 1.165) is 47.2 Å². The molecule has 30 heavy (non-hydrogen) atoms. The van der Waals surface area contributed by atoms with Crippen molar-refractivity contribution >= 4 is 33.5 Å². The van der Waals surface area contributed by atoms with Gasteiger partial charge in [-0.2, -0.15) is 0 Å². The van der Waals surface area contributed by atoms with E-state index in [2.05, 4.69) is 35.8 Å². The third-order valence-electron chi connectivity index (χ3n) is 5.35. The molecule has 1 aromatic rings. The van der Waals surface area contributed by atoms with Gasteiger partial charge in [-0.05, 0) is 78.1 Å². The van der Waals surface area contributed by atoms with E-state index in [9.17, 15) is 0 Å². The molecule has 3 aliphatic heterocycles. The largest absolute Gasteiger partial charge is 0.493 e. The number of rotatable bonds is 7. The molecule has 0 bridgehead atoms. The van der Waals surface area contributed by atoms with Crippen LogP contribution in [0.5, 0.6) is 11.5 Å². The first-order valence-electron chi connectivity index (χ1n) is 9.87. The van der Waals surface area contributed by atoms with Crippen LogP contribution in [0.4, 0.5) is 5.82 Å². The molecule has 0 unspecified atom stereocenters. The first kappa shape index (κ1) is 21.2. The molecule has 0 aliphatic carbocycles. The van der Waals surface area contributed by atoms with Gasteiger partial charge in [0.1, 0.15) is 0 Å². The summed E-state index contributed by atoms with van der Waals surface area (Å²) in [5, 5.41) is 4.03. The predicted octanol–water partition coefficient (Wildman–Crippen LogP) is 3.68. The highest BCUT2D eigenvalue weighted by Crippen LogP contribution is 2.41. The fraction of sp³-hybridized carbons (Fsp3) is 0.450. The molecular weight excluding hydrogens is 468 g/mol. The molecule has 3 N–H and O–H groups in total. The van der Waals surface area contributed by atoms with Crippen molar-refractivity contribution < 1.29 is 9.47 Å². The van der Waals surface area contributed by atoms with Crippen LogP contribution in [-0.4, -0.2) is 46.8 Å². The molecule has 0 spiro atoms. The molecule has 0 aromatic heterocycles. The number of hydrogen-bond acceptors (Lipinski definition) is 8. The van der Waals surface area contributed by atoms with Gasteiger partial charge in [-0.1, -0.05) is 0 Å². The van der Waals surface area contributed by atoms with E-state index in [1.165, 1.54) is 24.6 Å². The zero-order valence-corrected chi connectivity index (χ0v) is 19.4. The summed E-state index contributed by atoms with van der Waals surface area (Å²) in [4.78, 5) is 14.7. The molecule has 0 atom stereocenters. The number of fused-ring (bicyclic) bond motifs is 1. The van der Waals surface area contributed by atoms with E-state index in [-0.39, 0.29) is 0 Å². The Bertz CT molecular complexity index is 992. The van der Waals surface area contributed by atoms with E-state index in [4.69, 9.17) is 20.2 Å². The Hall–Kier alpha value is -2.04. The van der Waals surface area contributed by atoms with E-state index in [1.54, 1.807) is 20.5 Å². The summed E-state index contributed by atoms with van der Waals surface area (Å²) >= 11 is 5.03. The maximum Gasteiger partial charge on any atom is 0.195 e. The number of nitrogens with two attached hydrogens (primary N) is 1. The van der Waals surface area contributed by atoms with Crippen molar-refractivity contribution in [3.63, 3.8) is 0 Å². The molecule has 160 valence electrons. The first-order chi connectivity index (χ1) is 14.6. The Labute approximate surface area is 188 Å². The number of methoxy groups -OCH3 is 2. The SMILES string of the molecule is COc1cc(Br)c(Sc2nc3c(N)ncn(CCC4CCNCC4)c-3n2)cc1OC. The number of imidazole rings is 1. The van der Waals surface area contributed by atoms with Gasteiger partial charge in [0.05, 0.1) is 20.5 Å². The van der Waals surface area contributed by atoms with Gasteiger partial charge in [0, 0.05) is 15.9 Å². The number of hydrogen-bond donors (Lipinski definition) is 2. The van der Waals surface area contributed by atoms with Crippen LogP contribution in [0.3, 0.4) is 0 Å². The number of nitrogens with zero attached hydrogens (tertiary/aromatic N) is 4. The van der Waals surface area contributed by atoms with E-state index in [0.29, 0.717) is 28.2 Å².